The maximum Gasteiger partial charge on any atom is 0.416 e. The molecular formula is C16H11BF6. The summed E-state index contributed by atoms with van der Waals surface area (Å²) >= 11 is 0. The molecule has 0 unspecified atom stereocenters. The minimum Gasteiger partial charge on any atom is -0.166 e. The van der Waals surface area contributed by atoms with E-state index >= 15 is 0 Å². The van der Waals surface area contributed by atoms with Crippen molar-refractivity contribution in [1.82, 2.24) is 0 Å². The lowest BCUT2D eigenvalue weighted by Gasteiger charge is -2.15. The fourth-order valence-corrected chi connectivity index (χ4v) is 2.28. The summed E-state index contributed by atoms with van der Waals surface area (Å²) in [6.07, 6.45) is -9.04. The molecule has 23 heavy (non-hydrogen) atoms. The Balaban J connectivity index is 2.47. The van der Waals surface area contributed by atoms with E-state index in [2.05, 4.69) is 6.58 Å². The summed E-state index contributed by atoms with van der Waals surface area (Å²) in [4.78, 5) is 0. The fourth-order valence-electron chi connectivity index (χ4n) is 2.28. The van der Waals surface area contributed by atoms with E-state index in [0.29, 0.717) is 0 Å². The van der Waals surface area contributed by atoms with Gasteiger partial charge in [-0.2, -0.15) is 26.3 Å². The monoisotopic (exact) mass is 328 g/mol. The molecule has 7 heteroatoms. The van der Waals surface area contributed by atoms with E-state index in [9.17, 15) is 26.3 Å². The molecule has 0 amide bonds. The first-order valence-corrected chi connectivity index (χ1v) is 6.60. The Bertz CT molecular complexity index is 645. The van der Waals surface area contributed by atoms with Crippen molar-refractivity contribution in [2.45, 2.75) is 12.4 Å². The van der Waals surface area contributed by atoms with Crippen molar-refractivity contribution in [3.05, 3.63) is 72.2 Å². The Hall–Kier alpha value is -2.18. The Morgan fingerprint density at radius 1 is 0.739 bits per heavy atom. The summed E-state index contributed by atoms with van der Waals surface area (Å²) in [5.41, 5.74) is -1.24. The number of hydrogen-bond acceptors (Lipinski definition) is 0. The van der Waals surface area contributed by atoms with Gasteiger partial charge in [0.25, 0.3) is 0 Å². The molecular weight excluding hydrogens is 317 g/mol. The number of hydrogen-bond donors (Lipinski definition) is 0. The van der Waals surface area contributed by atoms with Crippen molar-refractivity contribution in [2.75, 3.05) is 0 Å². The Morgan fingerprint density at radius 3 is 1.43 bits per heavy atom. The molecule has 0 saturated heterocycles. The summed E-state index contributed by atoms with van der Waals surface area (Å²) in [5, 5.41) is 0. The highest BCUT2D eigenvalue weighted by atomic mass is 19.4. The molecule has 0 bridgehead atoms. The van der Waals surface area contributed by atoms with Gasteiger partial charge in [0, 0.05) is 0 Å². The first-order chi connectivity index (χ1) is 10.6. The molecule has 0 nitrogen and oxygen atoms in total. The summed E-state index contributed by atoms with van der Waals surface area (Å²) in [6, 6.07) is 8.99. The lowest BCUT2D eigenvalue weighted by Crippen LogP contribution is -2.41. The zero-order valence-corrected chi connectivity index (χ0v) is 11.7. The van der Waals surface area contributed by atoms with Crippen LogP contribution in [0.3, 0.4) is 0 Å². The standard InChI is InChI=1S/C16H11BF6/c1-2-17(13-7-3-5-11(9-13)15(18,19)20)14-8-4-6-12(10-14)16(21,22)23/h2-10H,1H2. The zero-order valence-electron chi connectivity index (χ0n) is 11.7. The van der Waals surface area contributed by atoms with Crippen LogP contribution < -0.4 is 10.9 Å². The quantitative estimate of drug-likeness (QED) is 0.589. The molecule has 0 aliphatic rings. The van der Waals surface area contributed by atoms with Crippen LogP contribution in [0.15, 0.2) is 61.1 Å². The van der Waals surface area contributed by atoms with Crippen LogP contribution in [0.4, 0.5) is 26.3 Å². The highest BCUT2D eigenvalue weighted by Gasteiger charge is 2.33. The first-order valence-electron chi connectivity index (χ1n) is 6.60. The number of benzene rings is 2. The van der Waals surface area contributed by atoms with E-state index in [0.717, 1.165) is 24.3 Å². The third-order valence-corrected chi connectivity index (χ3v) is 3.38. The average molecular weight is 328 g/mol. The second-order valence-corrected chi connectivity index (χ2v) is 4.96. The molecule has 120 valence electrons. The van der Waals surface area contributed by atoms with Crippen LogP contribution in [0.5, 0.6) is 0 Å². The van der Waals surface area contributed by atoms with Gasteiger partial charge in [-0.15, -0.1) is 12.6 Å². The molecule has 2 aromatic rings. The minimum absolute atomic E-state index is 0.231. The molecule has 0 aromatic heterocycles. The number of halogens is 6. The average Bonchev–Trinajstić information content (AvgIpc) is 2.47. The van der Waals surface area contributed by atoms with Crippen LogP contribution >= 0.6 is 0 Å². The van der Waals surface area contributed by atoms with Crippen LogP contribution in [0.1, 0.15) is 11.1 Å². The SMILES string of the molecule is C=CB(c1cccc(C(F)(F)F)c1)c1cccc(C(F)(F)F)c1. The summed E-state index contributed by atoms with van der Waals surface area (Å²) in [5.74, 6) is 1.32. The summed E-state index contributed by atoms with van der Waals surface area (Å²) in [6.45, 7) is 2.77. The molecule has 2 rings (SSSR count). The van der Waals surface area contributed by atoms with Gasteiger partial charge in [-0.05, 0) is 0 Å². The highest BCUT2D eigenvalue weighted by molar-refractivity contribution is 6.89. The van der Waals surface area contributed by atoms with Crippen LogP contribution in [-0.4, -0.2) is 6.71 Å². The molecule has 2 aromatic carbocycles. The van der Waals surface area contributed by atoms with Gasteiger partial charge in [0.2, 0.25) is 6.71 Å². The Kier molecular flexibility index (Phi) is 4.59. The molecule has 0 spiro atoms. The van der Waals surface area contributed by atoms with Crippen molar-refractivity contribution in [1.29, 1.82) is 0 Å². The van der Waals surface area contributed by atoms with E-state index < -0.39 is 30.2 Å². The smallest absolute Gasteiger partial charge is 0.166 e. The Morgan fingerprint density at radius 2 is 1.13 bits per heavy atom. The van der Waals surface area contributed by atoms with Gasteiger partial charge in [0.05, 0.1) is 11.1 Å². The third kappa shape index (κ3) is 3.97. The third-order valence-electron chi connectivity index (χ3n) is 3.38. The molecule has 0 radical (unpaired) electrons. The van der Waals surface area contributed by atoms with Gasteiger partial charge >= 0.3 is 12.4 Å². The normalized spacial score (nSPS) is 12.1. The van der Waals surface area contributed by atoms with Crippen molar-refractivity contribution in [3.8, 4) is 0 Å². The van der Waals surface area contributed by atoms with Crippen LogP contribution in [0.25, 0.3) is 0 Å². The second kappa shape index (κ2) is 6.14. The topological polar surface area (TPSA) is 0 Å². The van der Waals surface area contributed by atoms with Gasteiger partial charge in [0.1, 0.15) is 0 Å². The summed E-state index contributed by atoms with van der Waals surface area (Å²) in [7, 11) is 0. The number of alkyl halides is 6. The van der Waals surface area contributed by atoms with Crippen molar-refractivity contribution < 1.29 is 26.3 Å². The maximum absolute atomic E-state index is 12.8. The van der Waals surface area contributed by atoms with E-state index in [1.807, 2.05) is 0 Å². The first kappa shape index (κ1) is 17.2. The van der Waals surface area contributed by atoms with E-state index in [-0.39, 0.29) is 10.9 Å². The van der Waals surface area contributed by atoms with Crippen LogP contribution in [0.2, 0.25) is 0 Å². The maximum atomic E-state index is 12.8. The second-order valence-electron chi connectivity index (χ2n) is 4.96. The molecule has 0 fully saturated rings. The van der Waals surface area contributed by atoms with Crippen molar-refractivity contribution in [2.24, 2.45) is 0 Å². The number of rotatable bonds is 3. The van der Waals surface area contributed by atoms with Crippen molar-refractivity contribution in [3.63, 3.8) is 0 Å². The molecule has 0 N–H and O–H groups in total. The Labute approximate surface area is 129 Å². The van der Waals surface area contributed by atoms with Gasteiger partial charge in [-0.25, -0.2) is 0 Å². The molecule has 0 heterocycles. The predicted molar refractivity (Wildman–Crippen MR) is 78.1 cm³/mol. The summed E-state index contributed by atoms with van der Waals surface area (Å²) < 4.78 is 76.7. The predicted octanol–water partition coefficient (Wildman–Crippen LogP) is 4.06. The van der Waals surface area contributed by atoms with Gasteiger partial charge < -0.3 is 0 Å². The van der Waals surface area contributed by atoms with Crippen LogP contribution in [-0.2, 0) is 12.4 Å². The van der Waals surface area contributed by atoms with Gasteiger partial charge in [0.15, 0.2) is 0 Å². The van der Waals surface area contributed by atoms with Gasteiger partial charge in [-0.3, -0.25) is 0 Å². The largest absolute Gasteiger partial charge is 0.416 e. The fraction of sp³-hybridized carbons (Fsp3) is 0.125. The van der Waals surface area contributed by atoms with E-state index in [1.54, 1.807) is 0 Å². The zero-order chi connectivity index (χ0) is 17.3. The highest BCUT2D eigenvalue weighted by Crippen LogP contribution is 2.29. The lowest BCUT2D eigenvalue weighted by molar-refractivity contribution is -0.138. The minimum atomic E-state index is -4.52. The lowest BCUT2D eigenvalue weighted by atomic mass is 9.41. The molecule has 0 aliphatic carbocycles. The van der Waals surface area contributed by atoms with Crippen molar-refractivity contribution >= 4 is 17.6 Å². The molecule has 0 atom stereocenters. The molecule has 0 aliphatic heterocycles. The van der Waals surface area contributed by atoms with E-state index in [1.165, 1.54) is 30.2 Å². The van der Waals surface area contributed by atoms with E-state index in [4.69, 9.17) is 0 Å². The molecule has 0 saturated carbocycles. The van der Waals surface area contributed by atoms with Gasteiger partial charge in [-0.1, -0.05) is 59.5 Å². The van der Waals surface area contributed by atoms with Crippen LogP contribution in [0, 0.1) is 0 Å².